The lowest BCUT2D eigenvalue weighted by molar-refractivity contribution is 0.405. The van der Waals surface area contributed by atoms with Gasteiger partial charge in [-0.2, -0.15) is 0 Å². The van der Waals surface area contributed by atoms with E-state index < -0.39 is 0 Å². The van der Waals surface area contributed by atoms with Crippen molar-refractivity contribution in [3.05, 3.63) is 39.3 Å². The normalized spacial score (nSPS) is 12.2. The SMILES string of the molecule is COc1ccsc1C(N)Cc1ncc(C)c(OC)c1C. The average Bonchev–Trinajstić information content (AvgIpc) is 2.91. The van der Waals surface area contributed by atoms with Gasteiger partial charge in [0.1, 0.15) is 11.5 Å². The van der Waals surface area contributed by atoms with Crippen molar-refractivity contribution in [3.8, 4) is 11.5 Å². The van der Waals surface area contributed by atoms with E-state index in [4.69, 9.17) is 15.2 Å². The fourth-order valence-electron chi connectivity index (χ4n) is 2.33. The molecular formula is C15H20N2O2S. The van der Waals surface area contributed by atoms with Gasteiger partial charge in [0.25, 0.3) is 0 Å². The quantitative estimate of drug-likeness (QED) is 0.920. The van der Waals surface area contributed by atoms with Crippen molar-refractivity contribution in [1.29, 1.82) is 0 Å². The Morgan fingerprint density at radius 3 is 2.70 bits per heavy atom. The third kappa shape index (κ3) is 2.78. The summed E-state index contributed by atoms with van der Waals surface area (Å²) in [6.07, 6.45) is 2.50. The molecule has 2 rings (SSSR count). The zero-order valence-electron chi connectivity index (χ0n) is 12.3. The van der Waals surface area contributed by atoms with Crippen LogP contribution in [0.15, 0.2) is 17.6 Å². The Hall–Kier alpha value is -1.59. The van der Waals surface area contributed by atoms with Crippen LogP contribution in [-0.2, 0) is 6.42 Å². The van der Waals surface area contributed by atoms with Gasteiger partial charge in [-0.15, -0.1) is 11.3 Å². The molecule has 0 aliphatic carbocycles. The van der Waals surface area contributed by atoms with Crippen molar-refractivity contribution in [2.45, 2.75) is 26.3 Å². The number of nitrogens with two attached hydrogens (primary N) is 1. The van der Waals surface area contributed by atoms with Crippen LogP contribution in [0.4, 0.5) is 0 Å². The largest absolute Gasteiger partial charge is 0.496 e. The fourth-order valence-corrected chi connectivity index (χ4v) is 3.19. The first-order valence-corrected chi connectivity index (χ1v) is 7.32. The van der Waals surface area contributed by atoms with Gasteiger partial charge in [0.15, 0.2) is 0 Å². The fraction of sp³-hybridized carbons (Fsp3) is 0.400. The highest BCUT2D eigenvalue weighted by Crippen LogP contribution is 2.33. The lowest BCUT2D eigenvalue weighted by Crippen LogP contribution is -2.15. The van der Waals surface area contributed by atoms with E-state index in [-0.39, 0.29) is 6.04 Å². The molecule has 2 heterocycles. The number of aryl methyl sites for hydroxylation is 1. The van der Waals surface area contributed by atoms with Crippen molar-refractivity contribution in [2.75, 3.05) is 14.2 Å². The minimum atomic E-state index is -0.122. The first-order valence-electron chi connectivity index (χ1n) is 6.44. The van der Waals surface area contributed by atoms with E-state index in [1.807, 2.05) is 31.5 Å². The van der Waals surface area contributed by atoms with Crippen LogP contribution in [-0.4, -0.2) is 19.2 Å². The van der Waals surface area contributed by atoms with Crippen LogP contribution in [0, 0.1) is 13.8 Å². The lowest BCUT2D eigenvalue weighted by atomic mass is 10.0. The van der Waals surface area contributed by atoms with Crippen molar-refractivity contribution < 1.29 is 9.47 Å². The van der Waals surface area contributed by atoms with Crippen molar-refractivity contribution in [3.63, 3.8) is 0 Å². The lowest BCUT2D eigenvalue weighted by Gasteiger charge is -2.16. The standard InChI is InChI=1S/C15H20N2O2S/c1-9-8-17-12(10(2)14(9)19-4)7-11(16)15-13(18-3)5-6-20-15/h5-6,8,11H,7,16H2,1-4H3. The Morgan fingerprint density at radius 2 is 2.05 bits per heavy atom. The highest BCUT2D eigenvalue weighted by atomic mass is 32.1. The summed E-state index contributed by atoms with van der Waals surface area (Å²) < 4.78 is 10.8. The molecule has 0 aliphatic heterocycles. The Balaban J connectivity index is 2.26. The molecule has 20 heavy (non-hydrogen) atoms. The minimum absolute atomic E-state index is 0.122. The molecule has 1 unspecified atom stereocenters. The third-order valence-electron chi connectivity index (χ3n) is 3.38. The number of nitrogens with zero attached hydrogens (tertiary/aromatic N) is 1. The maximum Gasteiger partial charge on any atom is 0.134 e. The number of rotatable bonds is 5. The molecule has 0 radical (unpaired) electrons. The second kappa shape index (κ2) is 6.24. The molecule has 0 amide bonds. The molecule has 0 aliphatic rings. The van der Waals surface area contributed by atoms with Crippen LogP contribution in [0.2, 0.25) is 0 Å². The molecule has 0 spiro atoms. The average molecular weight is 292 g/mol. The molecule has 5 heteroatoms. The molecule has 108 valence electrons. The van der Waals surface area contributed by atoms with Crippen LogP contribution in [0.1, 0.15) is 27.7 Å². The first kappa shape index (κ1) is 14.8. The van der Waals surface area contributed by atoms with Crippen molar-refractivity contribution in [2.24, 2.45) is 5.73 Å². The Bertz CT molecular complexity index is 596. The van der Waals surface area contributed by atoms with Crippen LogP contribution in [0.3, 0.4) is 0 Å². The highest BCUT2D eigenvalue weighted by Gasteiger charge is 2.17. The van der Waals surface area contributed by atoms with Gasteiger partial charge in [0, 0.05) is 35.5 Å². The summed E-state index contributed by atoms with van der Waals surface area (Å²) in [6, 6.07) is 1.82. The minimum Gasteiger partial charge on any atom is -0.496 e. The van der Waals surface area contributed by atoms with E-state index in [1.165, 1.54) is 0 Å². The van der Waals surface area contributed by atoms with Gasteiger partial charge >= 0.3 is 0 Å². The predicted octanol–water partition coefficient (Wildman–Crippen LogP) is 3.02. The van der Waals surface area contributed by atoms with Gasteiger partial charge in [0.2, 0.25) is 0 Å². The van der Waals surface area contributed by atoms with E-state index in [9.17, 15) is 0 Å². The number of pyridine rings is 1. The van der Waals surface area contributed by atoms with E-state index >= 15 is 0 Å². The smallest absolute Gasteiger partial charge is 0.134 e. The molecule has 0 fully saturated rings. The molecule has 0 aromatic carbocycles. The van der Waals surface area contributed by atoms with Gasteiger partial charge in [-0.25, -0.2) is 0 Å². The first-order chi connectivity index (χ1) is 9.58. The summed E-state index contributed by atoms with van der Waals surface area (Å²) in [6.45, 7) is 4.01. The second-order valence-electron chi connectivity index (χ2n) is 4.71. The summed E-state index contributed by atoms with van der Waals surface area (Å²) in [5.74, 6) is 1.74. The molecule has 2 aromatic rings. The van der Waals surface area contributed by atoms with Gasteiger partial charge in [0.05, 0.1) is 19.1 Å². The van der Waals surface area contributed by atoms with E-state index in [0.29, 0.717) is 6.42 Å². The van der Waals surface area contributed by atoms with E-state index in [2.05, 4.69) is 4.98 Å². The number of thiophene rings is 1. The zero-order valence-corrected chi connectivity index (χ0v) is 13.1. The Morgan fingerprint density at radius 1 is 1.30 bits per heavy atom. The molecule has 1 atom stereocenters. The van der Waals surface area contributed by atoms with Gasteiger partial charge in [-0.1, -0.05) is 0 Å². The van der Waals surface area contributed by atoms with Crippen molar-refractivity contribution in [1.82, 2.24) is 4.98 Å². The summed E-state index contributed by atoms with van der Waals surface area (Å²) >= 11 is 1.61. The zero-order chi connectivity index (χ0) is 14.7. The summed E-state index contributed by atoms with van der Waals surface area (Å²) in [4.78, 5) is 5.54. The van der Waals surface area contributed by atoms with Crippen LogP contribution in [0.5, 0.6) is 11.5 Å². The molecule has 2 N–H and O–H groups in total. The molecular weight excluding hydrogens is 272 g/mol. The van der Waals surface area contributed by atoms with Crippen molar-refractivity contribution >= 4 is 11.3 Å². The second-order valence-corrected chi connectivity index (χ2v) is 5.66. The van der Waals surface area contributed by atoms with Crippen LogP contribution in [0.25, 0.3) is 0 Å². The summed E-state index contributed by atoms with van der Waals surface area (Å²) in [5, 5.41) is 1.99. The van der Waals surface area contributed by atoms with E-state index in [1.54, 1.807) is 25.6 Å². The Kier molecular flexibility index (Phi) is 4.62. The summed E-state index contributed by atoms with van der Waals surface area (Å²) in [5.41, 5.74) is 9.36. The summed E-state index contributed by atoms with van der Waals surface area (Å²) in [7, 11) is 3.35. The van der Waals surface area contributed by atoms with Gasteiger partial charge < -0.3 is 15.2 Å². The Labute approximate surface area is 123 Å². The maximum absolute atomic E-state index is 6.30. The number of methoxy groups -OCH3 is 2. The molecule has 0 bridgehead atoms. The number of hydrogen-bond donors (Lipinski definition) is 1. The monoisotopic (exact) mass is 292 g/mol. The number of aromatic nitrogens is 1. The molecule has 0 saturated carbocycles. The van der Waals surface area contributed by atoms with E-state index in [0.717, 1.165) is 33.2 Å². The van der Waals surface area contributed by atoms with Crippen LogP contribution >= 0.6 is 11.3 Å². The highest BCUT2D eigenvalue weighted by molar-refractivity contribution is 7.10. The van der Waals surface area contributed by atoms with Gasteiger partial charge in [-0.05, 0) is 25.3 Å². The molecule has 0 saturated heterocycles. The maximum atomic E-state index is 6.30. The molecule has 4 nitrogen and oxygen atoms in total. The number of hydrogen-bond acceptors (Lipinski definition) is 5. The molecule has 2 aromatic heterocycles. The number of ether oxygens (including phenoxy) is 2. The van der Waals surface area contributed by atoms with Gasteiger partial charge in [-0.3, -0.25) is 4.98 Å². The topological polar surface area (TPSA) is 57.4 Å². The third-order valence-corrected chi connectivity index (χ3v) is 4.41. The van der Waals surface area contributed by atoms with Crippen LogP contribution < -0.4 is 15.2 Å². The predicted molar refractivity (Wildman–Crippen MR) is 81.8 cm³/mol.